The molecule has 0 amide bonds. The van der Waals surface area contributed by atoms with Gasteiger partial charge in [0.15, 0.2) is 0 Å². The molecule has 1 aromatic carbocycles. The summed E-state index contributed by atoms with van der Waals surface area (Å²) in [6.07, 6.45) is 3.84. The van der Waals surface area contributed by atoms with Crippen LogP contribution >= 0.6 is 11.6 Å². The molecule has 1 unspecified atom stereocenters. The van der Waals surface area contributed by atoms with Gasteiger partial charge in [-0.3, -0.25) is 0 Å². The Kier molecular flexibility index (Phi) is 6.34. The van der Waals surface area contributed by atoms with Crippen LogP contribution < -0.4 is 4.74 Å². The molecule has 0 saturated heterocycles. The summed E-state index contributed by atoms with van der Waals surface area (Å²) in [5.41, 5.74) is 0.360. The van der Waals surface area contributed by atoms with Gasteiger partial charge in [-0.1, -0.05) is 17.5 Å². The number of aliphatic imine (C=N–C) groups is 1. The number of alkyl halides is 3. The quantitative estimate of drug-likeness (QED) is 0.383. The molecule has 8 heteroatoms. The molecule has 0 fully saturated rings. The Balaban J connectivity index is 2.19. The maximum absolute atomic E-state index is 12.9. The SMILES string of the molecule is C#CC(C)N(C)/C=N\c1cnc(Oc2ccc(Cl)c(C(F)(F)F)c2)cc1C. The molecule has 0 N–H and O–H groups in total. The van der Waals surface area contributed by atoms with Gasteiger partial charge in [0.2, 0.25) is 5.88 Å². The van der Waals surface area contributed by atoms with Crippen LogP contribution in [0.2, 0.25) is 5.02 Å². The summed E-state index contributed by atoms with van der Waals surface area (Å²) in [5, 5.41) is -0.394. The Hall–Kier alpha value is -2.72. The van der Waals surface area contributed by atoms with Gasteiger partial charge in [-0.25, -0.2) is 9.98 Å². The number of nitrogens with zero attached hydrogens (tertiary/aromatic N) is 3. The maximum Gasteiger partial charge on any atom is 0.417 e. The highest BCUT2D eigenvalue weighted by atomic mass is 35.5. The lowest BCUT2D eigenvalue weighted by Gasteiger charge is -2.16. The van der Waals surface area contributed by atoms with Crippen LogP contribution in [-0.2, 0) is 6.18 Å². The number of terminal acetylenes is 1. The number of benzene rings is 1. The Bertz CT molecular complexity index is 891. The van der Waals surface area contributed by atoms with E-state index in [1.807, 2.05) is 6.92 Å². The van der Waals surface area contributed by atoms with E-state index in [0.29, 0.717) is 5.69 Å². The third-order valence-corrected chi connectivity index (χ3v) is 4.08. The van der Waals surface area contributed by atoms with Crippen molar-refractivity contribution < 1.29 is 17.9 Å². The van der Waals surface area contributed by atoms with E-state index in [1.54, 1.807) is 31.3 Å². The average molecular weight is 396 g/mol. The second-order valence-corrected chi connectivity index (χ2v) is 6.21. The van der Waals surface area contributed by atoms with Gasteiger partial charge in [-0.2, -0.15) is 13.2 Å². The van der Waals surface area contributed by atoms with Crippen molar-refractivity contribution in [3.05, 3.63) is 46.6 Å². The van der Waals surface area contributed by atoms with E-state index >= 15 is 0 Å². The van der Waals surface area contributed by atoms with Crippen LogP contribution in [0.15, 0.2) is 35.5 Å². The van der Waals surface area contributed by atoms with Crippen molar-refractivity contribution in [2.45, 2.75) is 26.1 Å². The normalized spacial score (nSPS) is 12.7. The standard InChI is InChI=1S/C19H17ClF3N3O/c1-5-13(3)26(4)11-25-17-10-24-18(8-12(17)2)27-14-6-7-16(20)15(9-14)19(21,22)23/h1,6-11,13H,2-4H3/b25-11-. The molecular weight excluding hydrogens is 379 g/mol. The topological polar surface area (TPSA) is 37.7 Å². The Morgan fingerprint density at radius 2 is 2.07 bits per heavy atom. The molecule has 0 saturated carbocycles. The molecular formula is C19H17ClF3N3O. The summed E-state index contributed by atoms with van der Waals surface area (Å²) in [7, 11) is 1.80. The van der Waals surface area contributed by atoms with E-state index in [0.717, 1.165) is 17.7 Å². The lowest BCUT2D eigenvalue weighted by Crippen LogP contribution is -2.25. The first kappa shape index (κ1) is 20.6. The Labute approximate surface area is 160 Å². The minimum Gasteiger partial charge on any atom is -0.439 e. The van der Waals surface area contributed by atoms with Crippen molar-refractivity contribution in [3.63, 3.8) is 0 Å². The molecule has 4 nitrogen and oxygen atoms in total. The number of ether oxygens (including phenoxy) is 1. The Morgan fingerprint density at radius 3 is 2.67 bits per heavy atom. The van der Waals surface area contributed by atoms with E-state index in [-0.39, 0.29) is 17.7 Å². The second-order valence-electron chi connectivity index (χ2n) is 5.80. The van der Waals surface area contributed by atoms with Crippen molar-refractivity contribution in [1.29, 1.82) is 0 Å². The van der Waals surface area contributed by atoms with Crippen LogP contribution in [0.5, 0.6) is 11.6 Å². The third-order valence-electron chi connectivity index (χ3n) is 3.75. The van der Waals surface area contributed by atoms with Crippen LogP contribution in [0, 0.1) is 19.3 Å². The number of halogens is 4. The molecule has 27 heavy (non-hydrogen) atoms. The molecule has 1 aromatic heterocycles. The highest BCUT2D eigenvalue weighted by molar-refractivity contribution is 6.31. The lowest BCUT2D eigenvalue weighted by atomic mass is 10.2. The van der Waals surface area contributed by atoms with Gasteiger partial charge in [0.05, 0.1) is 34.9 Å². The molecule has 0 spiro atoms. The lowest BCUT2D eigenvalue weighted by molar-refractivity contribution is -0.137. The second kappa shape index (κ2) is 8.31. The number of hydrogen-bond donors (Lipinski definition) is 0. The number of rotatable bonds is 5. The monoisotopic (exact) mass is 395 g/mol. The van der Waals surface area contributed by atoms with Crippen molar-refractivity contribution in [3.8, 4) is 24.0 Å². The summed E-state index contributed by atoms with van der Waals surface area (Å²) < 4.78 is 44.2. The van der Waals surface area contributed by atoms with Gasteiger partial charge in [0.25, 0.3) is 0 Å². The number of hydrogen-bond acceptors (Lipinski definition) is 3. The third kappa shape index (κ3) is 5.38. The number of aromatic nitrogens is 1. The predicted molar refractivity (Wildman–Crippen MR) is 99.7 cm³/mol. The van der Waals surface area contributed by atoms with E-state index in [2.05, 4.69) is 15.9 Å². The van der Waals surface area contributed by atoms with E-state index < -0.39 is 16.8 Å². The molecule has 142 valence electrons. The van der Waals surface area contributed by atoms with Gasteiger partial charge in [-0.05, 0) is 37.6 Å². The fourth-order valence-corrected chi connectivity index (χ4v) is 2.22. The van der Waals surface area contributed by atoms with Crippen molar-refractivity contribution in [2.24, 2.45) is 4.99 Å². The fourth-order valence-electron chi connectivity index (χ4n) is 1.99. The summed E-state index contributed by atoms with van der Waals surface area (Å²) in [4.78, 5) is 10.1. The average Bonchev–Trinajstić information content (AvgIpc) is 2.60. The molecule has 0 radical (unpaired) electrons. The van der Waals surface area contributed by atoms with Crippen LogP contribution in [0.25, 0.3) is 0 Å². The minimum absolute atomic E-state index is 0.0162. The van der Waals surface area contributed by atoms with Gasteiger partial charge in [-0.15, -0.1) is 6.42 Å². The zero-order valence-corrected chi connectivity index (χ0v) is 15.6. The van der Waals surface area contributed by atoms with Gasteiger partial charge < -0.3 is 9.64 Å². The van der Waals surface area contributed by atoms with Crippen LogP contribution in [0.3, 0.4) is 0 Å². The fraction of sp³-hybridized carbons (Fsp3) is 0.263. The van der Waals surface area contributed by atoms with Crippen LogP contribution in [0.1, 0.15) is 18.1 Å². The molecule has 0 bridgehead atoms. The first-order valence-corrected chi connectivity index (χ1v) is 8.23. The van der Waals surface area contributed by atoms with Crippen molar-refractivity contribution in [2.75, 3.05) is 7.05 Å². The largest absolute Gasteiger partial charge is 0.439 e. The minimum atomic E-state index is -4.57. The number of pyridine rings is 1. The number of aryl methyl sites for hydroxylation is 1. The summed E-state index contributed by atoms with van der Waals surface area (Å²) >= 11 is 5.60. The first-order chi connectivity index (χ1) is 12.6. The molecule has 0 aliphatic rings. The van der Waals surface area contributed by atoms with Crippen molar-refractivity contribution >= 4 is 23.6 Å². The van der Waals surface area contributed by atoms with E-state index in [4.69, 9.17) is 22.8 Å². The zero-order valence-electron chi connectivity index (χ0n) is 14.9. The summed E-state index contributed by atoms with van der Waals surface area (Å²) in [6.45, 7) is 3.64. The van der Waals surface area contributed by atoms with Crippen molar-refractivity contribution in [1.82, 2.24) is 9.88 Å². The zero-order chi connectivity index (χ0) is 20.2. The summed E-state index contributed by atoms with van der Waals surface area (Å²) in [5.74, 6) is 2.71. The molecule has 2 aromatic rings. The van der Waals surface area contributed by atoms with Crippen LogP contribution in [-0.4, -0.2) is 29.3 Å². The molecule has 0 aliphatic carbocycles. The highest BCUT2D eigenvalue weighted by Gasteiger charge is 2.33. The molecule has 0 aliphatic heterocycles. The van der Waals surface area contributed by atoms with Gasteiger partial charge in [0.1, 0.15) is 5.75 Å². The molecule has 2 rings (SSSR count). The van der Waals surface area contributed by atoms with Gasteiger partial charge >= 0.3 is 6.18 Å². The smallest absolute Gasteiger partial charge is 0.417 e. The van der Waals surface area contributed by atoms with E-state index in [9.17, 15) is 13.2 Å². The molecule has 1 atom stereocenters. The molecule has 1 heterocycles. The van der Waals surface area contributed by atoms with Gasteiger partial charge in [0, 0.05) is 13.1 Å². The first-order valence-electron chi connectivity index (χ1n) is 7.85. The van der Waals surface area contributed by atoms with E-state index in [1.165, 1.54) is 12.3 Å². The Morgan fingerprint density at radius 1 is 1.37 bits per heavy atom. The summed E-state index contributed by atoms with van der Waals surface area (Å²) in [6, 6.07) is 4.78. The van der Waals surface area contributed by atoms with Crippen LogP contribution in [0.4, 0.5) is 18.9 Å². The highest BCUT2D eigenvalue weighted by Crippen LogP contribution is 2.37. The predicted octanol–water partition coefficient (Wildman–Crippen LogP) is 5.47. The maximum atomic E-state index is 12.9.